The second-order valence-electron chi connectivity index (χ2n) is 6.80. The molecule has 0 N–H and O–H groups in total. The topological polar surface area (TPSA) is 6.48 Å². The molecule has 2 aliphatic carbocycles. The Labute approximate surface area is 132 Å². The van der Waals surface area contributed by atoms with E-state index < -0.39 is 0 Å². The van der Waals surface area contributed by atoms with Crippen LogP contribution >= 0.6 is 11.6 Å². The van der Waals surface area contributed by atoms with Crippen molar-refractivity contribution < 1.29 is 0 Å². The molecular formula is C18H23ClN2. The first kappa shape index (κ1) is 13.7. The van der Waals surface area contributed by atoms with Gasteiger partial charge in [-0.3, -0.25) is 4.90 Å². The fourth-order valence-corrected chi connectivity index (χ4v) is 4.40. The first-order valence-corrected chi connectivity index (χ1v) is 8.57. The van der Waals surface area contributed by atoms with Gasteiger partial charge in [-0.2, -0.15) is 0 Å². The van der Waals surface area contributed by atoms with E-state index in [-0.39, 0.29) is 0 Å². The number of anilines is 1. The number of rotatable bonds is 3. The van der Waals surface area contributed by atoms with Gasteiger partial charge in [-0.25, -0.2) is 0 Å². The highest BCUT2D eigenvalue weighted by molar-refractivity contribution is 6.30. The van der Waals surface area contributed by atoms with Crippen LogP contribution in [0.15, 0.2) is 36.4 Å². The fraction of sp³-hybridized carbons (Fsp3) is 0.556. The van der Waals surface area contributed by atoms with Gasteiger partial charge in [0.1, 0.15) is 0 Å². The molecule has 3 aliphatic rings. The van der Waals surface area contributed by atoms with Gasteiger partial charge in [0.05, 0.1) is 0 Å². The fourth-order valence-electron chi connectivity index (χ4n) is 4.28. The van der Waals surface area contributed by atoms with Crippen molar-refractivity contribution in [3.05, 3.63) is 41.4 Å². The maximum atomic E-state index is 5.97. The minimum Gasteiger partial charge on any atom is -0.369 e. The molecule has 1 saturated carbocycles. The number of hydrogen-bond donors (Lipinski definition) is 0. The lowest BCUT2D eigenvalue weighted by Gasteiger charge is -2.38. The van der Waals surface area contributed by atoms with Gasteiger partial charge in [-0.1, -0.05) is 23.8 Å². The van der Waals surface area contributed by atoms with Gasteiger partial charge < -0.3 is 4.90 Å². The van der Waals surface area contributed by atoms with Gasteiger partial charge >= 0.3 is 0 Å². The average Bonchev–Trinajstić information content (AvgIpc) is 3.12. The highest BCUT2D eigenvalue weighted by Gasteiger charge is 2.36. The molecule has 0 spiro atoms. The first-order valence-electron chi connectivity index (χ1n) is 8.19. The van der Waals surface area contributed by atoms with Gasteiger partial charge in [0.25, 0.3) is 0 Å². The van der Waals surface area contributed by atoms with Crippen LogP contribution in [0, 0.1) is 17.8 Å². The van der Waals surface area contributed by atoms with E-state index in [4.69, 9.17) is 11.6 Å². The summed E-state index contributed by atoms with van der Waals surface area (Å²) < 4.78 is 0. The molecule has 4 rings (SSSR count). The van der Waals surface area contributed by atoms with E-state index >= 15 is 0 Å². The minimum absolute atomic E-state index is 0.821. The molecule has 2 fully saturated rings. The van der Waals surface area contributed by atoms with Crippen LogP contribution in [0.2, 0.25) is 5.02 Å². The molecule has 1 aromatic carbocycles. The van der Waals surface area contributed by atoms with E-state index in [1.165, 1.54) is 38.2 Å². The SMILES string of the molecule is Clc1ccc(N2CCN(C[C@@H]3C[C@@H]4C=C[C@H]3C4)CC2)cc1. The van der Waals surface area contributed by atoms with Crippen molar-refractivity contribution in [2.24, 2.45) is 17.8 Å². The maximum absolute atomic E-state index is 5.97. The lowest BCUT2D eigenvalue weighted by Crippen LogP contribution is -2.48. The standard InChI is InChI=1S/C18H23ClN2/c19-17-3-5-18(6-4-17)21-9-7-20(8-10-21)13-16-12-14-1-2-15(16)11-14/h1-6,14-16H,7-13H2/t14-,15+,16+/m1/s1. The summed E-state index contributed by atoms with van der Waals surface area (Å²) in [7, 11) is 0. The van der Waals surface area contributed by atoms with Crippen molar-refractivity contribution in [2.45, 2.75) is 12.8 Å². The van der Waals surface area contributed by atoms with Crippen LogP contribution in [-0.4, -0.2) is 37.6 Å². The zero-order valence-electron chi connectivity index (χ0n) is 12.4. The highest BCUT2D eigenvalue weighted by Crippen LogP contribution is 2.43. The van der Waals surface area contributed by atoms with Crippen LogP contribution in [0.25, 0.3) is 0 Å². The van der Waals surface area contributed by atoms with Crippen LogP contribution in [-0.2, 0) is 0 Å². The summed E-state index contributed by atoms with van der Waals surface area (Å²) in [6, 6.07) is 8.26. The molecular weight excluding hydrogens is 280 g/mol. The largest absolute Gasteiger partial charge is 0.369 e. The summed E-state index contributed by atoms with van der Waals surface area (Å²) in [6.07, 6.45) is 7.77. The molecule has 0 aromatic heterocycles. The molecule has 2 bridgehead atoms. The van der Waals surface area contributed by atoms with Crippen molar-refractivity contribution in [3.8, 4) is 0 Å². The molecule has 0 radical (unpaired) electrons. The summed E-state index contributed by atoms with van der Waals surface area (Å²) in [5.41, 5.74) is 1.31. The second-order valence-corrected chi connectivity index (χ2v) is 7.24. The number of hydrogen-bond acceptors (Lipinski definition) is 2. The molecule has 21 heavy (non-hydrogen) atoms. The van der Waals surface area contributed by atoms with Crippen molar-refractivity contribution >= 4 is 17.3 Å². The number of piperazine rings is 1. The number of allylic oxidation sites excluding steroid dienone is 2. The highest BCUT2D eigenvalue weighted by atomic mass is 35.5. The van der Waals surface area contributed by atoms with E-state index in [0.29, 0.717) is 0 Å². The summed E-state index contributed by atoms with van der Waals surface area (Å²) in [5, 5.41) is 0.821. The molecule has 2 nitrogen and oxygen atoms in total. The summed E-state index contributed by atoms with van der Waals surface area (Å²) in [5.74, 6) is 2.70. The Morgan fingerprint density at radius 3 is 2.33 bits per heavy atom. The van der Waals surface area contributed by atoms with Gasteiger partial charge in [-0.05, 0) is 54.9 Å². The number of benzene rings is 1. The third-order valence-electron chi connectivity index (χ3n) is 5.47. The lowest BCUT2D eigenvalue weighted by molar-refractivity contribution is 0.204. The molecule has 0 unspecified atom stereocenters. The van der Waals surface area contributed by atoms with Crippen LogP contribution in [0.1, 0.15) is 12.8 Å². The van der Waals surface area contributed by atoms with E-state index in [2.05, 4.69) is 34.1 Å². The Bertz CT molecular complexity index is 517. The normalized spacial score (nSPS) is 32.0. The lowest BCUT2D eigenvalue weighted by atomic mass is 9.93. The Kier molecular flexibility index (Phi) is 3.68. The van der Waals surface area contributed by atoms with Crippen molar-refractivity contribution in [2.75, 3.05) is 37.6 Å². The van der Waals surface area contributed by atoms with E-state index in [9.17, 15) is 0 Å². The zero-order valence-corrected chi connectivity index (χ0v) is 13.2. The molecule has 3 heteroatoms. The monoisotopic (exact) mass is 302 g/mol. The zero-order chi connectivity index (χ0) is 14.2. The van der Waals surface area contributed by atoms with Gasteiger partial charge in [0.15, 0.2) is 0 Å². The van der Waals surface area contributed by atoms with Crippen molar-refractivity contribution in [1.82, 2.24) is 4.90 Å². The van der Waals surface area contributed by atoms with Crippen LogP contribution in [0.5, 0.6) is 0 Å². The molecule has 1 heterocycles. The van der Waals surface area contributed by atoms with Crippen molar-refractivity contribution in [1.29, 1.82) is 0 Å². The molecule has 0 amide bonds. The third-order valence-corrected chi connectivity index (χ3v) is 5.73. The number of nitrogens with zero attached hydrogens (tertiary/aromatic N) is 2. The predicted octanol–water partition coefficient (Wildman–Crippen LogP) is 3.67. The van der Waals surface area contributed by atoms with Crippen LogP contribution in [0.4, 0.5) is 5.69 Å². The van der Waals surface area contributed by atoms with Crippen LogP contribution < -0.4 is 4.90 Å². The second kappa shape index (κ2) is 5.66. The smallest absolute Gasteiger partial charge is 0.0407 e. The molecule has 3 atom stereocenters. The molecule has 1 aliphatic heterocycles. The summed E-state index contributed by atoms with van der Waals surface area (Å²) >= 11 is 5.97. The Morgan fingerprint density at radius 2 is 1.71 bits per heavy atom. The molecule has 1 saturated heterocycles. The predicted molar refractivity (Wildman–Crippen MR) is 88.9 cm³/mol. The average molecular weight is 303 g/mol. The molecule has 1 aromatic rings. The van der Waals surface area contributed by atoms with Gasteiger partial charge in [0, 0.05) is 43.4 Å². The quantitative estimate of drug-likeness (QED) is 0.786. The minimum atomic E-state index is 0.821. The van der Waals surface area contributed by atoms with E-state index in [0.717, 1.165) is 35.9 Å². The number of halogens is 1. The van der Waals surface area contributed by atoms with Gasteiger partial charge in [-0.15, -0.1) is 0 Å². The van der Waals surface area contributed by atoms with Crippen molar-refractivity contribution in [3.63, 3.8) is 0 Å². The van der Waals surface area contributed by atoms with Gasteiger partial charge in [0.2, 0.25) is 0 Å². The van der Waals surface area contributed by atoms with E-state index in [1.54, 1.807) is 0 Å². The summed E-state index contributed by atoms with van der Waals surface area (Å²) in [6.45, 7) is 5.97. The maximum Gasteiger partial charge on any atom is 0.0407 e. The van der Waals surface area contributed by atoms with E-state index in [1.807, 2.05) is 12.1 Å². The number of fused-ring (bicyclic) bond motifs is 2. The Balaban J connectivity index is 1.30. The molecule has 112 valence electrons. The first-order chi connectivity index (χ1) is 10.3. The third kappa shape index (κ3) is 2.84. The Hall–Kier alpha value is -0.990. The van der Waals surface area contributed by atoms with Crippen LogP contribution in [0.3, 0.4) is 0 Å². The Morgan fingerprint density at radius 1 is 0.952 bits per heavy atom. The summed E-state index contributed by atoms with van der Waals surface area (Å²) in [4.78, 5) is 5.15.